The van der Waals surface area contributed by atoms with Crippen molar-refractivity contribution in [2.45, 2.75) is 20.8 Å². The highest BCUT2D eigenvalue weighted by atomic mass is 32.1. The van der Waals surface area contributed by atoms with Crippen LogP contribution >= 0.6 is 11.3 Å². The summed E-state index contributed by atoms with van der Waals surface area (Å²) in [6.45, 7) is 6.81. The second-order valence-corrected chi connectivity index (χ2v) is 5.24. The van der Waals surface area contributed by atoms with E-state index in [-0.39, 0.29) is 0 Å². The fraction of sp³-hybridized carbons (Fsp3) is 0.222. The molecular formula is C18H20N2OS. The molecule has 1 heterocycles. The number of fused-ring (bicyclic) bond motifs is 1. The summed E-state index contributed by atoms with van der Waals surface area (Å²) >= 11 is 1.55. The van der Waals surface area contributed by atoms with E-state index in [2.05, 4.69) is 9.98 Å². The summed E-state index contributed by atoms with van der Waals surface area (Å²) in [5, 5.41) is 0.668. The van der Waals surface area contributed by atoms with Crippen LogP contribution < -0.4 is 4.74 Å². The lowest BCUT2D eigenvalue weighted by atomic mass is 10.2. The Morgan fingerprint density at radius 1 is 1.09 bits per heavy atom. The highest BCUT2D eigenvalue weighted by Crippen LogP contribution is 2.30. The number of hydrogen-bond acceptors (Lipinski definition) is 4. The molecule has 22 heavy (non-hydrogen) atoms. The first-order valence-electron chi connectivity index (χ1n) is 7.48. The van der Waals surface area contributed by atoms with Crippen molar-refractivity contribution in [3.8, 4) is 10.9 Å². The van der Waals surface area contributed by atoms with E-state index in [1.54, 1.807) is 11.3 Å². The van der Waals surface area contributed by atoms with Crippen molar-refractivity contribution in [3.63, 3.8) is 0 Å². The van der Waals surface area contributed by atoms with Gasteiger partial charge < -0.3 is 4.74 Å². The molecule has 0 N–H and O–H groups in total. The molecule has 1 aromatic heterocycles. The molecule has 0 aliphatic rings. The number of thiazole rings is 1. The Bertz CT molecular complexity index is 699. The fourth-order valence-electron chi connectivity index (χ4n) is 1.81. The van der Waals surface area contributed by atoms with Crippen LogP contribution in [0.2, 0.25) is 0 Å². The van der Waals surface area contributed by atoms with Gasteiger partial charge >= 0.3 is 0 Å². The molecule has 0 unspecified atom stereocenters. The third-order valence-corrected chi connectivity index (χ3v) is 3.70. The summed E-state index contributed by atoms with van der Waals surface area (Å²) in [5.74, 6) is 0.790. The number of benzene rings is 2. The van der Waals surface area contributed by atoms with Crippen molar-refractivity contribution in [1.29, 1.82) is 0 Å². The standard InChI is InChI=1S/C16H14N2OS.C2H6/c1-2-17-11-12-7-9-13(10-8-12)19-16-18-14-5-3-4-6-15(14)20-16;1-2/h3-11H,2H2,1H3;1-2H3. The van der Waals surface area contributed by atoms with Gasteiger partial charge in [0.05, 0.1) is 10.2 Å². The molecule has 2 aromatic carbocycles. The summed E-state index contributed by atoms with van der Waals surface area (Å²) in [5.41, 5.74) is 2.04. The van der Waals surface area contributed by atoms with Crippen LogP contribution in [0.4, 0.5) is 0 Å². The SMILES string of the molecule is CC.CCN=Cc1ccc(Oc2nc3ccccc3s2)cc1. The van der Waals surface area contributed by atoms with Gasteiger partial charge in [-0.15, -0.1) is 0 Å². The first kappa shape index (κ1) is 16.2. The average Bonchev–Trinajstić information content (AvgIpc) is 2.98. The van der Waals surface area contributed by atoms with Gasteiger partial charge in [-0.2, -0.15) is 0 Å². The van der Waals surface area contributed by atoms with Gasteiger partial charge in [0.15, 0.2) is 0 Å². The Morgan fingerprint density at radius 2 is 1.82 bits per heavy atom. The number of aromatic nitrogens is 1. The van der Waals surface area contributed by atoms with Gasteiger partial charge in [0, 0.05) is 12.8 Å². The highest BCUT2D eigenvalue weighted by molar-refractivity contribution is 7.20. The smallest absolute Gasteiger partial charge is 0.279 e. The molecule has 3 aromatic rings. The van der Waals surface area contributed by atoms with E-state index in [1.807, 2.05) is 75.5 Å². The normalized spacial score (nSPS) is 10.5. The van der Waals surface area contributed by atoms with Gasteiger partial charge in [0.25, 0.3) is 5.19 Å². The van der Waals surface area contributed by atoms with Crippen LogP contribution in [-0.4, -0.2) is 17.7 Å². The number of aliphatic imine (C=N–C) groups is 1. The number of ether oxygens (including phenoxy) is 1. The van der Waals surface area contributed by atoms with Crippen LogP contribution in [-0.2, 0) is 0 Å². The van der Waals surface area contributed by atoms with Gasteiger partial charge in [0.1, 0.15) is 5.75 Å². The third-order valence-electron chi connectivity index (χ3n) is 2.78. The molecule has 0 saturated heterocycles. The number of nitrogens with zero attached hydrogens (tertiary/aromatic N) is 2. The van der Waals surface area contributed by atoms with Crippen LogP contribution in [0.1, 0.15) is 26.3 Å². The van der Waals surface area contributed by atoms with E-state index in [4.69, 9.17) is 4.74 Å². The average molecular weight is 312 g/mol. The molecule has 0 aliphatic carbocycles. The van der Waals surface area contributed by atoms with E-state index in [0.29, 0.717) is 5.19 Å². The molecule has 0 spiro atoms. The van der Waals surface area contributed by atoms with Crippen LogP contribution in [0, 0.1) is 0 Å². The largest absolute Gasteiger partial charge is 0.431 e. The zero-order valence-corrected chi connectivity index (χ0v) is 13.9. The summed E-state index contributed by atoms with van der Waals surface area (Å²) in [4.78, 5) is 8.66. The van der Waals surface area contributed by atoms with Crippen molar-refractivity contribution in [1.82, 2.24) is 4.98 Å². The van der Waals surface area contributed by atoms with Crippen LogP contribution in [0.5, 0.6) is 10.9 Å². The zero-order valence-electron chi connectivity index (χ0n) is 13.1. The van der Waals surface area contributed by atoms with E-state index in [0.717, 1.165) is 28.1 Å². The summed E-state index contributed by atoms with van der Waals surface area (Å²) in [7, 11) is 0. The van der Waals surface area contributed by atoms with E-state index < -0.39 is 0 Å². The summed E-state index contributed by atoms with van der Waals surface area (Å²) in [6.07, 6.45) is 1.86. The van der Waals surface area contributed by atoms with Crippen molar-refractivity contribution >= 4 is 27.8 Å². The molecule has 0 aliphatic heterocycles. The Labute approximate surface area is 135 Å². The maximum atomic E-state index is 5.79. The lowest BCUT2D eigenvalue weighted by Crippen LogP contribution is -1.85. The monoisotopic (exact) mass is 312 g/mol. The van der Waals surface area contributed by atoms with Crippen molar-refractivity contribution in [2.24, 2.45) is 4.99 Å². The number of para-hydroxylation sites is 1. The quantitative estimate of drug-likeness (QED) is 0.592. The Morgan fingerprint density at radius 3 is 2.50 bits per heavy atom. The van der Waals surface area contributed by atoms with Crippen LogP contribution in [0.15, 0.2) is 53.5 Å². The van der Waals surface area contributed by atoms with E-state index in [9.17, 15) is 0 Å². The molecule has 0 radical (unpaired) electrons. The molecule has 4 heteroatoms. The van der Waals surface area contributed by atoms with Crippen molar-refractivity contribution < 1.29 is 4.74 Å². The fourth-order valence-corrected chi connectivity index (χ4v) is 2.65. The molecule has 0 atom stereocenters. The summed E-state index contributed by atoms with van der Waals surface area (Å²) < 4.78 is 6.92. The van der Waals surface area contributed by atoms with E-state index in [1.165, 1.54) is 0 Å². The van der Waals surface area contributed by atoms with E-state index >= 15 is 0 Å². The predicted molar refractivity (Wildman–Crippen MR) is 95.6 cm³/mol. The van der Waals surface area contributed by atoms with Gasteiger partial charge in [-0.3, -0.25) is 4.99 Å². The van der Waals surface area contributed by atoms with Gasteiger partial charge in [-0.25, -0.2) is 4.98 Å². The minimum absolute atomic E-state index is 0.668. The van der Waals surface area contributed by atoms with Gasteiger partial charge in [-0.1, -0.05) is 37.3 Å². The van der Waals surface area contributed by atoms with Gasteiger partial charge in [-0.05, 0) is 48.9 Å². The summed E-state index contributed by atoms with van der Waals surface area (Å²) in [6, 6.07) is 15.9. The maximum absolute atomic E-state index is 5.79. The maximum Gasteiger partial charge on any atom is 0.279 e. The highest BCUT2D eigenvalue weighted by Gasteiger charge is 2.05. The molecule has 3 rings (SSSR count). The third kappa shape index (κ3) is 4.15. The predicted octanol–water partition coefficient (Wildman–Crippen LogP) is 5.55. The first-order chi connectivity index (χ1) is 10.8. The molecule has 0 bridgehead atoms. The number of rotatable bonds is 4. The van der Waals surface area contributed by atoms with Gasteiger partial charge in [0.2, 0.25) is 0 Å². The molecule has 114 valence electrons. The topological polar surface area (TPSA) is 34.5 Å². The minimum atomic E-state index is 0.668. The zero-order chi connectivity index (χ0) is 15.8. The lowest BCUT2D eigenvalue weighted by molar-refractivity contribution is 0.480. The first-order valence-corrected chi connectivity index (χ1v) is 8.30. The Balaban J connectivity index is 0.000000847. The van der Waals surface area contributed by atoms with Crippen molar-refractivity contribution in [3.05, 3.63) is 54.1 Å². The molecule has 0 amide bonds. The number of hydrogen-bond donors (Lipinski definition) is 0. The minimum Gasteiger partial charge on any atom is -0.431 e. The molecule has 3 nitrogen and oxygen atoms in total. The molecule has 0 fully saturated rings. The van der Waals surface area contributed by atoms with Crippen LogP contribution in [0.25, 0.3) is 10.2 Å². The Hall–Kier alpha value is -2.20. The second kappa shape index (κ2) is 8.29. The second-order valence-electron chi connectivity index (χ2n) is 4.25. The molecular weight excluding hydrogens is 292 g/mol. The Kier molecular flexibility index (Phi) is 6.10. The lowest BCUT2D eigenvalue weighted by Gasteiger charge is -2.01. The molecule has 0 saturated carbocycles. The van der Waals surface area contributed by atoms with Crippen LogP contribution in [0.3, 0.4) is 0 Å². The van der Waals surface area contributed by atoms with Crippen molar-refractivity contribution in [2.75, 3.05) is 6.54 Å².